The van der Waals surface area contributed by atoms with Crippen LogP contribution in [-0.4, -0.2) is 39.9 Å². The fraction of sp³-hybridized carbons (Fsp3) is 0.391. The third kappa shape index (κ3) is 6.24. The van der Waals surface area contributed by atoms with Gasteiger partial charge in [-0.05, 0) is 44.7 Å². The smallest absolute Gasteiger partial charge is 0.230 e. The molecule has 0 spiro atoms. The summed E-state index contributed by atoms with van der Waals surface area (Å²) in [6.07, 6.45) is 3.27. The minimum atomic E-state index is 0.149. The van der Waals surface area contributed by atoms with Crippen molar-refractivity contribution in [1.82, 2.24) is 20.4 Å². The van der Waals surface area contributed by atoms with Gasteiger partial charge in [0, 0.05) is 25.2 Å². The number of thiazole rings is 1. The van der Waals surface area contributed by atoms with E-state index < -0.39 is 0 Å². The van der Waals surface area contributed by atoms with Crippen molar-refractivity contribution < 1.29 is 14.1 Å². The summed E-state index contributed by atoms with van der Waals surface area (Å²) in [5.74, 6) is 0.813. The fourth-order valence-corrected chi connectivity index (χ4v) is 4.38. The Morgan fingerprint density at radius 1 is 1.32 bits per heavy atom. The van der Waals surface area contributed by atoms with Crippen LogP contribution in [0.2, 0.25) is 0 Å². The molecule has 7 nitrogen and oxygen atoms in total. The number of likely N-dealkylation sites (tertiary alicyclic amines) is 1. The van der Waals surface area contributed by atoms with Crippen LogP contribution >= 0.6 is 11.3 Å². The maximum absolute atomic E-state index is 11.9. The molecule has 1 unspecified atom stereocenters. The standard InChI is InChI=1S/C12H12N2OS.C11H16N2O2/c1-9-12(16-8-14-9)11-4-2-10(3-5-11)6-13-7-15;1-8-6-10(15-12-8)7-11(14)13-5-3-4-9(13)2/h2-5,7-8H,6H2,1H3,(H,13,15);6,9H,3-5,7H2,1-2H3. The van der Waals surface area contributed by atoms with Gasteiger partial charge in [0.25, 0.3) is 0 Å². The number of rotatable bonds is 6. The lowest BCUT2D eigenvalue weighted by atomic mass is 10.1. The second-order valence-electron chi connectivity index (χ2n) is 7.65. The Morgan fingerprint density at radius 3 is 2.65 bits per heavy atom. The maximum atomic E-state index is 11.9. The second-order valence-corrected chi connectivity index (χ2v) is 8.51. The van der Waals surface area contributed by atoms with Crippen LogP contribution in [-0.2, 0) is 22.6 Å². The Balaban J connectivity index is 0.000000176. The highest BCUT2D eigenvalue weighted by Crippen LogP contribution is 2.27. The van der Waals surface area contributed by atoms with Crippen LogP contribution in [0.25, 0.3) is 10.4 Å². The molecule has 0 bridgehead atoms. The van der Waals surface area contributed by atoms with Crippen LogP contribution in [0.3, 0.4) is 0 Å². The van der Waals surface area contributed by atoms with E-state index in [9.17, 15) is 9.59 Å². The minimum absolute atomic E-state index is 0.149. The van der Waals surface area contributed by atoms with E-state index in [2.05, 4.69) is 34.5 Å². The predicted molar refractivity (Wildman–Crippen MR) is 121 cm³/mol. The highest BCUT2D eigenvalue weighted by atomic mass is 32.1. The monoisotopic (exact) mass is 440 g/mol. The van der Waals surface area contributed by atoms with E-state index in [0.717, 1.165) is 36.3 Å². The van der Waals surface area contributed by atoms with Crippen molar-refractivity contribution in [1.29, 1.82) is 0 Å². The number of carbonyl (C=O) groups is 2. The summed E-state index contributed by atoms with van der Waals surface area (Å²) in [5.41, 5.74) is 6.01. The maximum Gasteiger partial charge on any atom is 0.230 e. The number of amides is 2. The molecular formula is C23H28N4O3S. The summed E-state index contributed by atoms with van der Waals surface area (Å²) in [6, 6.07) is 10.3. The Morgan fingerprint density at radius 2 is 2.10 bits per heavy atom. The lowest BCUT2D eigenvalue weighted by Gasteiger charge is -2.20. The topological polar surface area (TPSA) is 88.3 Å². The number of nitrogens with one attached hydrogen (secondary N) is 1. The van der Waals surface area contributed by atoms with E-state index in [0.29, 0.717) is 31.2 Å². The van der Waals surface area contributed by atoms with E-state index in [4.69, 9.17) is 4.52 Å². The van der Waals surface area contributed by atoms with E-state index in [1.54, 1.807) is 11.3 Å². The van der Waals surface area contributed by atoms with Crippen LogP contribution in [0.1, 0.15) is 42.5 Å². The van der Waals surface area contributed by atoms with E-state index >= 15 is 0 Å². The van der Waals surface area contributed by atoms with E-state index in [1.807, 2.05) is 42.5 Å². The zero-order valence-corrected chi connectivity index (χ0v) is 18.9. The number of aromatic nitrogens is 2. The molecule has 0 radical (unpaired) electrons. The number of hydrogen-bond donors (Lipinski definition) is 1. The number of nitrogens with zero attached hydrogens (tertiary/aromatic N) is 3. The van der Waals surface area contributed by atoms with Gasteiger partial charge in [0.15, 0.2) is 0 Å². The van der Waals surface area contributed by atoms with Crippen LogP contribution < -0.4 is 5.32 Å². The van der Waals surface area contributed by atoms with Gasteiger partial charge in [0.1, 0.15) is 5.76 Å². The zero-order valence-electron chi connectivity index (χ0n) is 18.1. The van der Waals surface area contributed by atoms with E-state index in [1.165, 1.54) is 10.4 Å². The summed E-state index contributed by atoms with van der Waals surface area (Å²) < 4.78 is 5.03. The first-order valence-electron chi connectivity index (χ1n) is 10.4. The Kier molecular flexibility index (Phi) is 7.94. The molecule has 0 saturated carbocycles. The van der Waals surface area contributed by atoms with Crippen LogP contribution in [0.5, 0.6) is 0 Å². The summed E-state index contributed by atoms with van der Waals surface area (Å²) in [5, 5.41) is 6.41. The molecule has 2 amide bonds. The lowest BCUT2D eigenvalue weighted by Crippen LogP contribution is -2.34. The lowest BCUT2D eigenvalue weighted by molar-refractivity contribution is -0.131. The largest absolute Gasteiger partial charge is 0.361 e. The third-order valence-corrected chi connectivity index (χ3v) is 6.20. The van der Waals surface area contributed by atoms with Crippen molar-refractivity contribution in [2.45, 2.75) is 52.6 Å². The van der Waals surface area contributed by atoms with Gasteiger partial charge in [0.05, 0.1) is 28.2 Å². The minimum Gasteiger partial charge on any atom is -0.361 e. The molecule has 1 aromatic carbocycles. The van der Waals surface area contributed by atoms with Crippen LogP contribution in [0, 0.1) is 13.8 Å². The Hall–Kier alpha value is -3.00. The molecule has 1 aliphatic heterocycles. The van der Waals surface area contributed by atoms with Gasteiger partial charge < -0.3 is 14.7 Å². The average molecular weight is 441 g/mol. The van der Waals surface area contributed by atoms with Gasteiger partial charge in [0.2, 0.25) is 12.3 Å². The van der Waals surface area contributed by atoms with Gasteiger partial charge >= 0.3 is 0 Å². The normalized spacial score (nSPS) is 15.3. The molecule has 1 N–H and O–H groups in total. The van der Waals surface area contributed by atoms with Gasteiger partial charge in [-0.3, -0.25) is 9.59 Å². The number of carbonyl (C=O) groups excluding carboxylic acids is 2. The van der Waals surface area contributed by atoms with Gasteiger partial charge in [-0.15, -0.1) is 11.3 Å². The fourth-order valence-electron chi connectivity index (χ4n) is 3.57. The van der Waals surface area contributed by atoms with Crippen molar-refractivity contribution >= 4 is 23.7 Å². The second kappa shape index (κ2) is 10.9. The van der Waals surface area contributed by atoms with Crippen LogP contribution in [0.4, 0.5) is 0 Å². The van der Waals surface area contributed by atoms with Crippen molar-refractivity contribution in [3.05, 3.63) is 58.6 Å². The summed E-state index contributed by atoms with van der Waals surface area (Å²) >= 11 is 1.64. The highest BCUT2D eigenvalue weighted by Gasteiger charge is 2.25. The first-order chi connectivity index (χ1) is 15.0. The van der Waals surface area contributed by atoms with Crippen molar-refractivity contribution in [3.63, 3.8) is 0 Å². The van der Waals surface area contributed by atoms with Gasteiger partial charge in [-0.2, -0.15) is 0 Å². The van der Waals surface area contributed by atoms with E-state index in [-0.39, 0.29) is 5.91 Å². The average Bonchev–Trinajstić information content (AvgIpc) is 3.49. The first-order valence-corrected chi connectivity index (χ1v) is 11.2. The van der Waals surface area contributed by atoms with Crippen molar-refractivity contribution in [2.24, 2.45) is 0 Å². The number of hydrogen-bond acceptors (Lipinski definition) is 6. The molecule has 3 heterocycles. The molecule has 0 aliphatic carbocycles. The Bertz CT molecular complexity index is 996. The predicted octanol–water partition coefficient (Wildman–Crippen LogP) is 3.90. The zero-order chi connectivity index (χ0) is 22.2. The molecule has 1 fully saturated rings. The molecule has 1 saturated heterocycles. The third-order valence-electron chi connectivity index (χ3n) is 5.23. The molecule has 164 valence electrons. The van der Waals surface area contributed by atoms with Gasteiger partial charge in [-0.25, -0.2) is 4.98 Å². The molecule has 31 heavy (non-hydrogen) atoms. The van der Waals surface area contributed by atoms with Crippen molar-refractivity contribution in [3.8, 4) is 10.4 Å². The van der Waals surface area contributed by atoms with Gasteiger partial charge in [-0.1, -0.05) is 29.4 Å². The van der Waals surface area contributed by atoms with Crippen molar-refractivity contribution in [2.75, 3.05) is 6.54 Å². The molecule has 1 atom stereocenters. The number of benzene rings is 1. The summed E-state index contributed by atoms with van der Waals surface area (Å²) in [7, 11) is 0. The molecular weight excluding hydrogens is 412 g/mol. The number of aryl methyl sites for hydroxylation is 2. The quantitative estimate of drug-likeness (QED) is 0.587. The molecule has 4 rings (SSSR count). The SMILES string of the molecule is Cc1cc(CC(=O)N2CCCC2C)on1.Cc1ncsc1-c1ccc(CNC=O)cc1. The first kappa shape index (κ1) is 22.7. The molecule has 1 aliphatic rings. The molecule has 2 aromatic heterocycles. The molecule has 8 heteroatoms. The highest BCUT2D eigenvalue weighted by molar-refractivity contribution is 7.13. The summed E-state index contributed by atoms with van der Waals surface area (Å²) in [6.45, 7) is 7.42. The molecule has 3 aromatic rings. The Labute approximate surface area is 186 Å². The summed E-state index contributed by atoms with van der Waals surface area (Å²) in [4.78, 5) is 29.4. The van der Waals surface area contributed by atoms with Crippen LogP contribution in [0.15, 0.2) is 40.4 Å².